The molecule has 0 saturated heterocycles. The summed E-state index contributed by atoms with van der Waals surface area (Å²) in [7, 11) is 1.55. The molecular weight excluding hydrogens is 394 g/mol. The maximum Gasteiger partial charge on any atom is 0.318 e. The summed E-state index contributed by atoms with van der Waals surface area (Å²) < 4.78 is 5.43. The number of para-hydroxylation sites is 1. The summed E-state index contributed by atoms with van der Waals surface area (Å²) in [6, 6.07) is 7.36. The Morgan fingerprint density at radius 2 is 1.86 bits per heavy atom. The molecule has 0 radical (unpaired) electrons. The SMILES string of the molecule is CCC1C(Sc2ccccc2OC)C2C(C(=O)O)C2(CC)C1(C(=O)O)C(=O)CN. The zero-order valence-electron chi connectivity index (χ0n) is 16.8. The predicted octanol–water partition coefficient (Wildman–Crippen LogP) is 2.52. The van der Waals surface area contributed by atoms with Gasteiger partial charge < -0.3 is 20.7 Å². The second-order valence-corrected chi connectivity index (χ2v) is 8.94. The summed E-state index contributed by atoms with van der Waals surface area (Å²) in [6.45, 7) is 3.21. The van der Waals surface area contributed by atoms with Gasteiger partial charge in [0.05, 0.1) is 19.6 Å². The third-order valence-electron chi connectivity index (χ3n) is 7.03. The van der Waals surface area contributed by atoms with Gasteiger partial charge in [-0.2, -0.15) is 0 Å². The van der Waals surface area contributed by atoms with Crippen LogP contribution in [0.15, 0.2) is 29.2 Å². The van der Waals surface area contributed by atoms with Gasteiger partial charge in [0.15, 0.2) is 5.78 Å². The zero-order valence-corrected chi connectivity index (χ0v) is 17.6. The molecule has 6 atom stereocenters. The van der Waals surface area contributed by atoms with Crippen molar-refractivity contribution in [3.05, 3.63) is 24.3 Å². The van der Waals surface area contributed by atoms with Crippen molar-refractivity contribution in [1.82, 2.24) is 0 Å². The molecule has 8 heteroatoms. The van der Waals surface area contributed by atoms with E-state index in [0.29, 0.717) is 18.6 Å². The first-order valence-electron chi connectivity index (χ1n) is 9.78. The Bertz CT molecular complexity index is 844. The zero-order chi connectivity index (χ0) is 21.6. The molecule has 2 aliphatic carbocycles. The molecule has 0 aliphatic heterocycles. The summed E-state index contributed by atoms with van der Waals surface area (Å²) in [6.07, 6.45) is 0.738. The molecule has 0 bridgehead atoms. The van der Waals surface area contributed by atoms with Crippen molar-refractivity contribution in [1.29, 1.82) is 0 Å². The molecule has 7 nitrogen and oxygen atoms in total. The van der Waals surface area contributed by atoms with E-state index in [-0.39, 0.29) is 5.25 Å². The summed E-state index contributed by atoms with van der Waals surface area (Å²) in [4.78, 5) is 38.7. The van der Waals surface area contributed by atoms with Crippen LogP contribution < -0.4 is 10.5 Å². The van der Waals surface area contributed by atoms with E-state index in [2.05, 4.69) is 0 Å². The number of benzene rings is 1. The van der Waals surface area contributed by atoms with Crippen molar-refractivity contribution in [3.63, 3.8) is 0 Å². The fourth-order valence-corrected chi connectivity index (χ4v) is 7.90. The number of carbonyl (C=O) groups is 3. The molecule has 29 heavy (non-hydrogen) atoms. The van der Waals surface area contributed by atoms with Gasteiger partial charge in [-0.25, -0.2) is 0 Å². The van der Waals surface area contributed by atoms with Gasteiger partial charge in [0.1, 0.15) is 11.2 Å². The molecule has 2 saturated carbocycles. The number of fused-ring (bicyclic) bond motifs is 1. The normalized spacial score (nSPS) is 35.0. The van der Waals surface area contributed by atoms with E-state index >= 15 is 0 Å². The maximum absolute atomic E-state index is 13.1. The fraction of sp³-hybridized carbons (Fsp3) is 0.571. The van der Waals surface area contributed by atoms with E-state index < -0.39 is 52.9 Å². The highest BCUT2D eigenvalue weighted by Crippen LogP contribution is 2.82. The van der Waals surface area contributed by atoms with Gasteiger partial charge in [0, 0.05) is 15.6 Å². The van der Waals surface area contributed by atoms with Crippen molar-refractivity contribution < 1.29 is 29.3 Å². The first-order valence-corrected chi connectivity index (χ1v) is 10.7. The van der Waals surface area contributed by atoms with Gasteiger partial charge in [0.25, 0.3) is 0 Å². The largest absolute Gasteiger partial charge is 0.496 e. The van der Waals surface area contributed by atoms with Crippen molar-refractivity contribution in [2.24, 2.45) is 34.3 Å². The second kappa shape index (κ2) is 7.65. The van der Waals surface area contributed by atoms with Crippen LogP contribution in [0.2, 0.25) is 0 Å². The lowest BCUT2D eigenvalue weighted by atomic mass is 9.61. The first-order chi connectivity index (χ1) is 13.8. The van der Waals surface area contributed by atoms with Crippen molar-refractivity contribution in [3.8, 4) is 5.75 Å². The smallest absolute Gasteiger partial charge is 0.318 e. The van der Waals surface area contributed by atoms with Crippen LogP contribution in [-0.2, 0) is 14.4 Å². The number of thioether (sulfide) groups is 1. The number of aliphatic carboxylic acids is 2. The number of ketones is 1. The number of hydrogen-bond acceptors (Lipinski definition) is 6. The number of Topliss-reactive ketones (excluding diaryl/α,β-unsaturated/α-hetero) is 1. The highest BCUT2D eigenvalue weighted by atomic mass is 32.2. The van der Waals surface area contributed by atoms with E-state index in [1.807, 2.05) is 31.2 Å². The van der Waals surface area contributed by atoms with Gasteiger partial charge in [-0.05, 0) is 30.4 Å². The van der Waals surface area contributed by atoms with E-state index in [1.165, 1.54) is 11.8 Å². The number of hydrogen-bond donors (Lipinski definition) is 3. The summed E-state index contributed by atoms with van der Waals surface area (Å²) in [5.41, 5.74) is 2.75. The third-order valence-corrected chi connectivity index (χ3v) is 8.51. The molecule has 0 heterocycles. The highest BCUT2D eigenvalue weighted by Gasteiger charge is 2.88. The standard InChI is InChI=1S/C21H27NO6S/c1-4-11-17(29-13-9-7-6-8-12(13)28-3)15-16(18(24)25)20(15,5-2)21(11,19(26)27)14(23)10-22/h6-9,11,15-17H,4-5,10,22H2,1-3H3,(H,24,25)(H,26,27). The summed E-state index contributed by atoms with van der Waals surface area (Å²) in [5, 5.41) is 19.9. The number of rotatable bonds is 9. The van der Waals surface area contributed by atoms with Crippen LogP contribution in [0, 0.1) is 28.6 Å². The van der Waals surface area contributed by atoms with Crippen LogP contribution in [-0.4, -0.2) is 46.8 Å². The van der Waals surface area contributed by atoms with Crippen LogP contribution in [0.1, 0.15) is 26.7 Å². The van der Waals surface area contributed by atoms with Gasteiger partial charge in [-0.3, -0.25) is 14.4 Å². The average Bonchev–Trinajstić information content (AvgIpc) is 3.33. The monoisotopic (exact) mass is 421 g/mol. The summed E-state index contributed by atoms with van der Waals surface area (Å²) >= 11 is 1.42. The van der Waals surface area contributed by atoms with E-state index in [0.717, 1.165) is 4.90 Å². The molecule has 1 aromatic carbocycles. The highest BCUT2D eigenvalue weighted by molar-refractivity contribution is 8.00. The maximum atomic E-state index is 13.1. The number of methoxy groups -OCH3 is 1. The molecule has 158 valence electrons. The molecule has 6 unspecified atom stereocenters. The lowest BCUT2D eigenvalue weighted by Crippen LogP contribution is -2.55. The van der Waals surface area contributed by atoms with E-state index in [1.54, 1.807) is 14.0 Å². The van der Waals surface area contributed by atoms with Crippen LogP contribution in [0.4, 0.5) is 0 Å². The molecule has 0 amide bonds. The number of ether oxygens (including phenoxy) is 1. The number of carboxylic acids is 2. The molecule has 0 aromatic heterocycles. The van der Waals surface area contributed by atoms with Gasteiger partial charge in [-0.15, -0.1) is 11.8 Å². The quantitative estimate of drug-likeness (QED) is 0.519. The first kappa shape index (κ1) is 21.6. The topological polar surface area (TPSA) is 127 Å². The summed E-state index contributed by atoms with van der Waals surface area (Å²) in [5.74, 6) is -4.06. The average molecular weight is 422 g/mol. The Morgan fingerprint density at radius 3 is 2.34 bits per heavy atom. The minimum absolute atomic E-state index is 0.298. The molecule has 0 spiro atoms. The van der Waals surface area contributed by atoms with Crippen LogP contribution in [0.5, 0.6) is 5.75 Å². The van der Waals surface area contributed by atoms with Gasteiger partial charge in [0.2, 0.25) is 0 Å². The Morgan fingerprint density at radius 1 is 1.21 bits per heavy atom. The second-order valence-electron chi connectivity index (χ2n) is 7.72. The molecule has 4 N–H and O–H groups in total. The molecular formula is C21H27NO6S. The Balaban J connectivity index is 2.19. The fourth-order valence-electron chi connectivity index (χ4n) is 6.07. The minimum Gasteiger partial charge on any atom is -0.496 e. The predicted molar refractivity (Wildman–Crippen MR) is 108 cm³/mol. The molecule has 2 aliphatic rings. The Labute approximate surface area is 174 Å². The lowest BCUT2D eigenvalue weighted by Gasteiger charge is -2.40. The molecule has 1 aromatic rings. The third kappa shape index (κ3) is 2.65. The van der Waals surface area contributed by atoms with Crippen LogP contribution in [0.3, 0.4) is 0 Å². The van der Waals surface area contributed by atoms with Crippen molar-refractivity contribution >= 4 is 29.5 Å². The Hall–Kier alpha value is -2.06. The number of carboxylic acid groups (broad SMARTS) is 2. The van der Waals surface area contributed by atoms with E-state index in [4.69, 9.17) is 10.5 Å². The Kier molecular flexibility index (Phi) is 5.71. The lowest BCUT2D eigenvalue weighted by molar-refractivity contribution is -0.165. The van der Waals surface area contributed by atoms with Gasteiger partial charge in [-0.1, -0.05) is 32.4 Å². The van der Waals surface area contributed by atoms with Gasteiger partial charge >= 0.3 is 11.9 Å². The van der Waals surface area contributed by atoms with Crippen molar-refractivity contribution in [2.45, 2.75) is 36.8 Å². The molecule has 3 rings (SSSR count). The van der Waals surface area contributed by atoms with Crippen LogP contribution in [0.25, 0.3) is 0 Å². The van der Waals surface area contributed by atoms with E-state index in [9.17, 15) is 24.6 Å². The minimum atomic E-state index is -1.79. The molecule has 2 fully saturated rings. The number of carbonyl (C=O) groups excluding carboxylic acids is 1. The number of nitrogens with two attached hydrogens (primary N) is 1. The van der Waals surface area contributed by atoms with Crippen molar-refractivity contribution in [2.75, 3.05) is 13.7 Å². The van der Waals surface area contributed by atoms with Crippen LogP contribution >= 0.6 is 11.8 Å².